The van der Waals surface area contributed by atoms with Crippen LogP contribution in [0.4, 0.5) is 0 Å². The number of nitrogens with zero attached hydrogens (tertiary/aromatic N) is 4. The average molecular weight is 365 g/mol. The van der Waals surface area contributed by atoms with Crippen molar-refractivity contribution in [1.82, 2.24) is 24.9 Å². The Bertz CT molecular complexity index is 928. The van der Waals surface area contributed by atoms with Gasteiger partial charge in [0.15, 0.2) is 0 Å². The number of para-hydroxylation sites is 1. The number of hydrogen-bond donors (Lipinski definition) is 2. The lowest BCUT2D eigenvalue weighted by Gasteiger charge is -2.18. The summed E-state index contributed by atoms with van der Waals surface area (Å²) < 4.78 is 2.02. The zero-order valence-corrected chi connectivity index (χ0v) is 16.2. The molecule has 0 amide bonds. The van der Waals surface area contributed by atoms with Crippen LogP contribution < -0.4 is 0 Å². The quantitative estimate of drug-likeness (QED) is 0.729. The number of benzene rings is 1. The van der Waals surface area contributed by atoms with E-state index in [1.165, 1.54) is 5.56 Å². The van der Waals surface area contributed by atoms with Gasteiger partial charge in [0, 0.05) is 36.9 Å². The number of β-amino-alcohol motifs (C(OH)–C–C–N with tert-alkyl or cyclic N) is 1. The zero-order chi connectivity index (χ0) is 19.0. The molecule has 1 aliphatic rings. The van der Waals surface area contributed by atoms with Crippen LogP contribution in [0.25, 0.3) is 5.69 Å². The van der Waals surface area contributed by atoms with Crippen molar-refractivity contribution in [2.45, 2.75) is 39.8 Å². The second-order valence-electron chi connectivity index (χ2n) is 7.74. The van der Waals surface area contributed by atoms with Crippen LogP contribution in [-0.4, -0.2) is 49.2 Å². The SMILES string of the molecule is Cc1cc(C)n(-c2ccccc2CN2C[C@@H](Cc3cc(C)[nH]n3)[C@H](O)C2)n1. The Labute approximate surface area is 159 Å². The number of hydrogen-bond acceptors (Lipinski definition) is 4. The third kappa shape index (κ3) is 3.82. The number of aliphatic hydroxyl groups is 1. The molecule has 27 heavy (non-hydrogen) atoms. The van der Waals surface area contributed by atoms with E-state index in [0.29, 0.717) is 6.54 Å². The highest BCUT2D eigenvalue weighted by Crippen LogP contribution is 2.25. The van der Waals surface area contributed by atoms with Gasteiger partial charge < -0.3 is 5.11 Å². The molecule has 6 heteroatoms. The Hall–Kier alpha value is -2.44. The number of aromatic amines is 1. The Morgan fingerprint density at radius 3 is 2.67 bits per heavy atom. The van der Waals surface area contributed by atoms with Crippen LogP contribution in [0.3, 0.4) is 0 Å². The molecule has 1 saturated heterocycles. The normalized spacial score (nSPS) is 20.4. The summed E-state index contributed by atoms with van der Waals surface area (Å²) in [6, 6.07) is 12.6. The molecule has 3 heterocycles. The van der Waals surface area contributed by atoms with Crippen molar-refractivity contribution >= 4 is 0 Å². The summed E-state index contributed by atoms with van der Waals surface area (Å²) in [6.45, 7) is 8.48. The highest BCUT2D eigenvalue weighted by Gasteiger charge is 2.32. The van der Waals surface area contributed by atoms with E-state index in [0.717, 1.165) is 48.0 Å². The first-order valence-corrected chi connectivity index (χ1v) is 9.52. The minimum atomic E-state index is -0.317. The minimum Gasteiger partial charge on any atom is -0.391 e. The molecule has 0 saturated carbocycles. The Kier molecular flexibility index (Phi) is 4.85. The van der Waals surface area contributed by atoms with Crippen LogP contribution in [0, 0.1) is 26.7 Å². The molecule has 0 unspecified atom stereocenters. The molecule has 2 aromatic heterocycles. The summed E-state index contributed by atoms with van der Waals surface area (Å²) in [5.74, 6) is 0.216. The molecule has 1 aliphatic heterocycles. The Morgan fingerprint density at radius 1 is 1.15 bits per heavy atom. The van der Waals surface area contributed by atoms with Gasteiger partial charge in [-0.2, -0.15) is 10.2 Å². The summed E-state index contributed by atoms with van der Waals surface area (Å²) in [7, 11) is 0. The molecular weight excluding hydrogens is 338 g/mol. The van der Waals surface area contributed by atoms with E-state index < -0.39 is 0 Å². The van der Waals surface area contributed by atoms with Crippen molar-refractivity contribution in [2.75, 3.05) is 13.1 Å². The van der Waals surface area contributed by atoms with E-state index in [9.17, 15) is 5.11 Å². The highest BCUT2D eigenvalue weighted by atomic mass is 16.3. The molecule has 0 aliphatic carbocycles. The molecule has 2 atom stereocenters. The summed E-state index contributed by atoms with van der Waals surface area (Å²) >= 11 is 0. The largest absolute Gasteiger partial charge is 0.391 e. The lowest BCUT2D eigenvalue weighted by atomic mass is 10.0. The second kappa shape index (κ2) is 7.29. The molecular formula is C21H27N5O. The fourth-order valence-electron chi connectivity index (χ4n) is 4.08. The Balaban J connectivity index is 1.49. The first-order valence-electron chi connectivity index (χ1n) is 9.52. The van der Waals surface area contributed by atoms with Crippen molar-refractivity contribution in [1.29, 1.82) is 0 Å². The third-order valence-corrected chi connectivity index (χ3v) is 5.34. The van der Waals surface area contributed by atoms with Crippen LogP contribution in [0.1, 0.15) is 28.3 Å². The van der Waals surface area contributed by atoms with Crippen molar-refractivity contribution in [3.05, 3.63) is 64.7 Å². The predicted molar refractivity (Wildman–Crippen MR) is 105 cm³/mol. The van der Waals surface area contributed by atoms with E-state index in [1.807, 2.05) is 18.5 Å². The number of likely N-dealkylation sites (tertiary alicyclic amines) is 1. The molecule has 0 radical (unpaired) electrons. The minimum absolute atomic E-state index is 0.216. The average Bonchev–Trinajstić information content (AvgIpc) is 3.28. The maximum atomic E-state index is 10.5. The number of aromatic nitrogens is 4. The van der Waals surface area contributed by atoms with Crippen LogP contribution in [-0.2, 0) is 13.0 Å². The van der Waals surface area contributed by atoms with Crippen molar-refractivity contribution in [2.24, 2.45) is 5.92 Å². The number of nitrogens with one attached hydrogen (secondary N) is 1. The molecule has 0 spiro atoms. The fourth-order valence-corrected chi connectivity index (χ4v) is 4.08. The van der Waals surface area contributed by atoms with E-state index in [1.54, 1.807) is 0 Å². The standard InChI is InChI=1S/C21H27N5O/c1-14-9-19(23-22-14)10-18-12-25(13-21(18)27)11-17-6-4-5-7-20(17)26-16(3)8-15(2)24-26/h4-9,18,21,27H,10-13H2,1-3H3,(H,22,23)/t18-,21-/m1/s1. The van der Waals surface area contributed by atoms with Crippen molar-refractivity contribution in [3.63, 3.8) is 0 Å². The molecule has 1 fully saturated rings. The number of rotatable bonds is 5. The highest BCUT2D eigenvalue weighted by molar-refractivity contribution is 5.42. The molecule has 3 aromatic rings. The summed E-state index contributed by atoms with van der Waals surface area (Å²) in [6.07, 6.45) is 0.490. The van der Waals surface area contributed by atoms with Gasteiger partial charge in [0.05, 0.1) is 23.2 Å². The molecule has 6 nitrogen and oxygen atoms in total. The first-order chi connectivity index (χ1) is 13.0. The predicted octanol–water partition coefficient (Wildman–Crippen LogP) is 2.56. The van der Waals surface area contributed by atoms with Crippen molar-refractivity contribution in [3.8, 4) is 5.69 Å². The molecule has 2 N–H and O–H groups in total. The van der Waals surface area contributed by atoms with E-state index in [2.05, 4.69) is 63.5 Å². The molecule has 142 valence electrons. The van der Waals surface area contributed by atoms with Gasteiger partial charge in [-0.1, -0.05) is 18.2 Å². The monoisotopic (exact) mass is 365 g/mol. The molecule has 1 aromatic carbocycles. The molecule has 0 bridgehead atoms. The van der Waals surface area contributed by atoms with Crippen LogP contribution in [0.5, 0.6) is 0 Å². The summed E-state index contributed by atoms with van der Waals surface area (Å²) in [4.78, 5) is 2.33. The number of H-pyrrole nitrogens is 1. The second-order valence-corrected chi connectivity index (χ2v) is 7.74. The van der Waals surface area contributed by atoms with Gasteiger partial charge in [-0.05, 0) is 51.0 Å². The van der Waals surface area contributed by atoms with Crippen LogP contribution in [0.2, 0.25) is 0 Å². The number of aryl methyl sites for hydroxylation is 3. The maximum absolute atomic E-state index is 10.5. The smallest absolute Gasteiger partial charge is 0.0711 e. The fraction of sp³-hybridized carbons (Fsp3) is 0.429. The lowest BCUT2D eigenvalue weighted by molar-refractivity contribution is 0.140. The van der Waals surface area contributed by atoms with E-state index >= 15 is 0 Å². The third-order valence-electron chi connectivity index (χ3n) is 5.34. The van der Waals surface area contributed by atoms with Gasteiger partial charge in [-0.15, -0.1) is 0 Å². The number of aliphatic hydroxyl groups excluding tert-OH is 1. The Morgan fingerprint density at radius 2 is 1.96 bits per heavy atom. The van der Waals surface area contributed by atoms with Crippen molar-refractivity contribution < 1.29 is 5.11 Å². The van der Waals surface area contributed by atoms with E-state index in [4.69, 9.17) is 0 Å². The van der Waals surface area contributed by atoms with Gasteiger partial charge in [0.25, 0.3) is 0 Å². The zero-order valence-electron chi connectivity index (χ0n) is 16.2. The first kappa shape index (κ1) is 17.9. The molecule has 4 rings (SSSR count). The van der Waals surface area contributed by atoms with Gasteiger partial charge >= 0.3 is 0 Å². The summed E-state index contributed by atoms with van der Waals surface area (Å²) in [5, 5.41) is 22.5. The summed E-state index contributed by atoms with van der Waals surface area (Å²) in [5.41, 5.74) is 6.59. The van der Waals surface area contributed by atoms with Crippen LogP contribution in [0.15, 0.2) is 36.4 Å². The van der Waals surface area contributed by atoms with Gasteiger partial charge in [-0.3, -0.25) is 10.00 Å². The van der Waals surface area contributed by atoms with Gasteiger partial charge in [0.2, 0.25) is 0 Å². The maximum Gasteiger partial charge on any atom is 0.0711 e. The lowest BCUT2D eigenvalue weighted by Crippen LogP contribution is -2.22. The van der Waals surface area contributed by atoms with Gasteiger partial charge in [-0.25, -0.2) is 4.68 Å². The van der Waals surface area contributed by atoms with E-state index in [-0.39, 0.29) is 12.0 Å². The van der Waals surface area contributed by atoms with Gasteiger partial charge in [0.1, 0.15) is 0 Å². The topological polar surface area (TPSA) is 70.0 Å². The van der Waals surface area contributed by atoms with Crippen LogP contribution >= 0.6 is 0 Å².